The van der Waals surface area contributed by atoms with E-state index in [0.717, 1.165) is 0 Å². The number of aryl methyl sites for hydroxylation is 1. The Morgan fingerprint density at radius 3 is 2.88 bits per heavy atom. The zero-order valence-electron chi connectivity index (χ0n) is 10.6. The van der Waals surface area contributed by atoms with Gasteiger partial charge in [0.1, 0.15) is 0 Å². The van der Waals surface area contributed by atoms with Gasteiger partial charge in [-0.15, -0.1) is 0 Å². The molecule has 1 heteroatoms. The molecule has 0 saturated carbocycles. The molecular weight excluding hydrogens is 194 g/mol. The zero-order valence-corrected chi connectivity index (χ0v) is 10.6. The molecule has 1 aromatic carbocycles. The summed E-state index contributed by atoms with van der Waals surface area (Å²) in [5.41, 5.74) is 3.09. The molecule has 1 aliphatic heterocycles. The first kappa shape index (κ1) is 11.7. The van der Waals surface area contributed by atoms with Gasteiger partial charge in [-0.1, -0.05) is 49.6 Å². The minimum Gasteiger partial charge on any atom is -0.307 e. The molecule has 1 heterocycles. The summed E-state index contributed by atoms with van der Waals surface area (Å²) in [4.78, 5) is 0. The minimum atomic E-state index is 0.239. The number of hydrogen-bond acceptors (Lipinski definition) is 1. The number of rotatable bonds is 2. The van der Waals surface area contributed by atoms with Crippen molar-refractivity contribution in [2.45, 2.75) is 51.5 Å². The van der Waals surface area contributed by atoms with Gasteiger partial charge in [-0.25, -0.2) is 0 Å². The van der Waals surface area contributed by atoms with Crippen molar-refractivity contribution >= 4 is 0 Å². The van der Waals surface area contributed by atoms with Gasteiger partial charge < -0.3 is 5.32 Å². The summed E-state index contributed by atoms with van der Waals surface area (Å²) < 4.78 is 0. The van der Waals surface area contributed by atoms with E-state index in [1.54, 1.807) is 0 Å². The average molecular weight is 217 g/mol. The normalized spacial score (nSPS) is 26.4. The van der Waals surface area contributed by atoms with E-state index < -0.39 is 0 Å². The van der Waals surface area contributed by atoms with E-state index >= 15 is 0 Å². The van der Waals surface area contributed by atoms with Crippen LogP contribution in [0.3, 0.4) is 0 Å². The van der Waals surface area contributed by atoms with Crippen LogP contribution in [0.25, 0.3) is 0 Å². The van der Waals surface area contributed by atoms with Gasteiger partial charge in [-0.2, -0.15) is 0 Å². The first-order valence-electron chi connectivity index (χ1n) is 6.59. The van der Waals surface area contributed by atoms with Gasteiger partial charge in [0.25, 0.3) is 0 Å². The zero-order chi connectivity index (χ0) is 11.4. The Bertz CT molecular complexity index is 335. The monoisotopic (exact) mass is 217 g/mol. The third-order valence-corrected chi connectivity index (χ3v) is 3.92. The summed E-state index contributed by atoms with van der Waals surface area (Å²) >= 11 is 0. The van der Waals surface area contributed by atoms with Crippen LogP contribution in [0.5, 0.6) is 0 Å². The maximum absolute atomic E-state index is 3.79. The molecule has 0 amide bonds. The molecular formula is C15H23N. The molecule has 1 nitrogen and oxygen atoms in total. The molecule has 1 atom stereocenters. The molecule has 1 aromatic rings. The molecule has 0 aromatic heterocycles. The highest BCUT2D eigenvalue weighted by atomic mass is 15.0. The van der Waals surface area contributed by atoms with Crippen molar-refractivity contribution in [1.82, 2.24) is 5.32 Å². The summed E-state index contributed by atoms with van der Waals surface area (Å²) in [6.45, 7) is 5.66. The maximum atomic E-state index is 3.79. The Morgan fingerprint density at radius 1 is 1.25 bits per heavy atom. The van der Waals surface area contributed by atoms with Gasteiger partial charge in [0.2, 0.25) is 0 Å². The molecule has 0 bridgehead atoms. The Labute approximate surface area is 99.3 Å². The first-order valence-corrected chi connectivity index (χ1v) is 6.59. The Balaban J connectivity index is 2.31. The summed E-state index contributed by atoms with van der Waals surface area (Å²) in [6.07, 6.45) is 6.53. The highest BCUT2D eigenvalue weighted by molar-refractivity contribution is 5.29. The molecule has 2 rings (SSSR count). The van der Waals surface area contributed by atoms with Crippen LogP contribution in [0.15, 0.2) is 24.3 Å². The van der Waals surface area contributed by atoms with Gasteiger partial charge in [-0.3, -0.25) is 0 Å². The average Bonchev–Trinajstić information content (AvgIpc) is 2.55. The summed E-state index contributed by atoms with van der Waals surface area (Å²) in [6, 6.07) is 9.01. The largest absolute Gasteiger partial charge is 0.307 e. The van der Waals surface area contributed by atoms with Crippen molar-refractivity contribution < 1.29 is 0 Å². The molecule has 88 valence electrons. The lowest BCUT2D eigenvalue weighted by molar-refractivity contribution is 0.312. The van der Waals surface area contributed by atoms with Crippen molar-refractivity contribution in [3.8, 4) is 0 Å². The predicted molar refractivity (Wildman–Crippen MR) is 69.6 cm³/mol. The van der Waals surface area contributed by atoms with Crippen molar-refractivity contribution in [3.05, 3.63) is 35.4 Å². The topological polar surface area (TPSA) is 12.0 Å². The Hall–Kier alpha value is -0.820. The SMILES string of the molecule is CCC1(c2cccc(C)c2)CCCCCN1. The van der Waals surface area contributed by atoms with Crippen LogP contribution in [0, 0.1) is 6.92 Å². The van der Waals surface area contributed by atoms with E-state index in [4.69, 9.17) is 0 Å². The standard InChI is InChI=1S/C15H23N/c1-3-15(10-5-4-6-11-16-15)14-9-7-8-13(2)12-14/h7-9,12,16H,3-6,10-11H2,1-2H3. The lowest BCUT2D eigenvalue weighted by Gasteiger charge is -2.33. The van der Waals surface area contributed by atoms with Gasteiger partial charge in [0.15, 0.2) is 0 Å². The highest BCUT2D eigenvalue weighted by Crippen LogP contribution is 2.33. The van der Waals surface area contributed by atoms with Crippen molar-refractivity contribution in [3.63, 3.8) is 0 Å². The summed E-state index contributed by atoms with van der Waals surface area (Å²) in [5, 5.41) is 3.79. The molecule has 0 aliphatic carbocycles. The molecule has 1 fully saturated rings. The first-order chi connectivity index (χ1) is 7.77. The molecule has 1 aliphatic rings. The van der Waals surface area contributed by atoms with Gasteiger partial charge in [-0.05, 0) is 38.3 Å². The van der Waals surface area contributed by atoms with E-state index in [-0.39, 0.29) is 5.54 Å². The van der Waals surface area contributed by atoms with Gasteiger partial charge in [0, 0.05) is 5.54 Å². The van der Waals surface area contributed by atoms with Crippen molar-refractivity contribution in [1.29, 1.82) is 0 Å². The van der Waals surface area contributed by atoms with E-state index in [1.165, 1.54) is 49.8 Å². The highest BCUT2D eigenvalue weighted by Gasteiger charge is 2.30. The number of benzene rings is 1. The second-order valence-corrected chi connectivity index (χ2v) is 5.04. The van der Waals surface area contributed by atoms with Crippen LogP contribution in [0.4, 0.5) is 0 Å². The lowest BCUT2D eigenvalue weighted by atomic mass is 9.83. The Morgan fingerprint density at radius 2 is 2.12 bits per heavy atom. The van der Waals surface area contributed by atoms with Crippen LogP contribution >= 0.6 is 0 Å². The third-order valence-electron chi connectivity index (χ3n) is 3.92. The lowest BCUT2D eigenvalue weighted by Crippen LogP contribution is -2.41. The molecule has 0 spiro atoms. The predicted octanol–water partition coefficient (Wildman–Crippen LogP) is 3.76. The fraction of sp³-hybridized carbons (Fsp3) is 0.600. The van der Waals surface area contributed by atoms with E-state index in [9.17, 15) is 0 Å². The van der Waals surface area contributed by atoms with Crippen LogP contribution in [-0.2, 0) is 5.54 Å². The second-order valence-electron chi connectivity index (χ2n) is 5.04. The fourth-order valence-electron chi connectivity index (χ4n) is 2.84. The third kappa shape index (κ3) is 2.30. The van der Waals surface area contributed by atoms with Crippen LogP contribution in [0.1, 0.15) is 50.2 Å². The van der Waals surface area contributed by atoms with E-state index in [0.29, 0.717) is 0 Å². The Kier molecular flexibility index (Phi) is 3.65. The quantitative estimate of drug-likeness (QED) is 0.795. The van der Waals surface area contributed by atoms with Gasteiger partial charge >= 0.3 is 0 Å². The second kappa shape index (κ2) is 5.01. The maximum Gasteiger partial charge on any atom is 0.0432 e. The van der Waals surface area contributed by atoms with E-state index in [2.05, 4.69) is 43.4 Å². The van der Waals surface area contributed by atoms with E-state index in [1.807, 2.05) is 0 Å². The molecule has 1 saturated heterocycles. The van der Waals surface area contributed by atoms with Crippen LogP contribution in [-0.4, -0.2) is 6.54 Å². The summed E-state index contributed by atoms with van der Waals surface area (Å²) in [5.74, 6) is 0. The molecule has 1 N–H and O–H groups in total. The number of nitrogens with one attached hydrogen (secondary N) is 1. The summed E-state index contributed by atoms with van der Waals surface area (Å²) in [7, 11) is 0. The van der Waals surface area contributed by atoms with Gasteiger partial charge in [0.05, 0.1) is 0 Å². The molecule has 16 heavy (non-hydrogen) atoms. The van der Waals surface area contributed by atoms with Crippen LogP contribution < -0.4 is 5.32 Å². The molecule has 0 radical (unpaired) electrons. The minimum absolute atomic E-state index is 0.239. The van der Waals surface area contributed by atoms with Crippen molar-refractivity contribution in [2.24, 2.45) is 0 Å². The fourth-order valence-corrected chi connectivity index (χ4v) is 2.84. The number of hydrogen-bond donors (Lipinski definition) is 1. The smallest absolute Gasteiger partial charge is 0.0432 e. The van der Waals surface area contributed by atoms with Crippen LogP contribution in [0.2, 0.25) is 0 Å². The molecule has 1 unspecified atom stereocenters. The van der Waals surface area contributed by atoms with Crippen molar-refractivity contribution in [2.75, 3.05) is 6.54 Å².